The lowest BCUT2D eigenvalue weighted by Crippen LogP contribution is -2.39. The van der Waals surface area contributed by atoms with Crippen molar-refractivity contribution in [2.45, 2.75) is 19.5 Å². The fourth-order valence-electron chi connectivity index (χ4n) is 3.53. The normalized spacial score (nSPS) is 15.6. The summed E-state index contributed by atoms with van der Waals surface area (Å²) >= 11 is 0. The molecule has 0 N–H and O–H groups in total. The summed E-state index contributed by atoms with van der Waals surface area (Å²) in [5.74, 6) is -0.200. The summed E-state index contributed by atoms with van der Waals surface area (Å²) in [5.41, 5.74) is 0.312. The second-order valence-corrected chi connectivity index (χ2v) is 7.81. The van der Waals surface area contributed by atoms with Crippen molar-refractivity contribution in [3.05, 3.63) is 47.3 Å². The highest BCUT2D eigenvalue weighted by Gasteiger charge is 2.31. The third-order valence-electron chi connectivity index (χ3n) is 5.39. The van der Waals surface area contributed by atoms with E-state index in [1.54, 1.807) is 30.8 Å². The number of hydrogen-bond donors (Lipinski definition) is 0. The third kappa shape index (κ3) is 5.25. The number of halogens is 3. The van der Waals surface area contributed by atoms with Crippen LogP contribution in [-0.4, -0.2) is 83.1 Å². The van der Waals surface area contributed by atoms with Gasteiger partial charge in [-0.3, -0.25) is 14.5 Å². The molecule has 0 spiro atoms. The van der Waals surface area contributed by atoms with Crippen LogP contribution in [0, 0.1) is 6.92 Å². The summed E-state index contributed by atoms with van der Waals surface area (Å²) in [6, 6.07) is 4.85. The van der Waals surface area contributed by atoms with Crippen molar-refractivity contribution in [2.75, 3.05) is 46.8 Å². The summed E-state index contributed by atoms with van der Waals surface area (Å²) in [7, 11) is 3.42. The Morgan fingerprint density at radius 1 is 1.13 bits per heavy atom. The van der Waals surface area contributed by atoms with E-state index in [-0.39, 0.29) is 17.5 Å². The van der Waals surface area contributed by atoms with Gasteiger partial charge in [-0.05, 0) is 31.5 Å². The lowest BCUT2D eigenvalue weighted by Gasteiger charge is -2.22. The number of likely N-dealkylation sites (N-methyl/N-ethyl adjacent to an activating group) is 1. The SMILES string of the molecule is Cc1c(C(=O)N2CCCN(CC(=O)N(C)C)CC2)cnn1-c1cccc(C(F)(F)F)c1. The van der Waals surface area contributed by atoms with Crippen LogP contribution in [0.1, 0.15) is 28.0 Å². The first-order valence-corrected chi connectivity index (χ1v) is 10.0. The molecular weight excluding hydrogens is 411 g/mol. The Morgan fingerprint density at radius 2 is 1.87 bits per heavy atom. The summed E-state index contributed by atoms with van der Waals surface area (Å²) < 4.78 is 40.5. The zero-order valence-corrected chi connectivity index (χ0v) is 17.8. The molecule has 2 aromatic rings. The number of amides is 2. The summed E-state index contributed by atoms with van der Waals surface area (Å²) in [5, 5.41) is 4.16. The Hall–Kier alpha value is -2.88. The molecule has 2 amide bonds. The third-order valence-corrected chi connectivity index (χ3v) is 5.39. The van der Waals surface area contributed by atoms with Crippen LogP contribution < -0.4 is 0 Å². The molecule has 31 heavy (non-hydrogen) atoms. The lowest BCUT2D eigenvalue weighted by molar-refractivity contribution is -0.137. The van der Waals surface area contributed by atoms with Gasteiger partial charge in [0.2, 0.25) is 5.91 Å². The Morgan fingerprint density at radius 3 is 2.55 bits per heavy atom. The van der Waals surface area contributed by atoms with E-state index < -0.39 is 11.7 Å². The molecule has 168 valence electrons. The van der Waals surface area contributed by atoms with Gasteiger partial charge in [0.15, 0.2) is 0 Å². The predicted molar refractivity (Wildman–Crippen MR) is 109 cm³/mol. The van der Waals surface area contributed by atoms with Gasteiger partial charge in [0.25, 0.3) is 5.91 Å². The highest BCUT2D eigenvalue weighted by Crippen LogP contribution is 2.30. The van der Waals surface area contributed by atoms with Crippen LogP contribution in [0.15, 0.2) is 30.5 Å². The topological polar surface area (TPSA) is 61.7 Å². The van der Waals surface area contributed by atoms with E-state index >= 15 is 0 Å². The zero-order chi connectivity index (χ0) is 22.8. The Bertz CT molecular complexity index is 955. The number of carbonyl (C=O) groups is 2. The van der Waals surface area contributed by atoms with Crippen molar-refractivity contribution in [3.63, 3.8) is 0 Å². The molecule has 7 nitrogen and oxygen atoms in total. The molecule has 10 heteroatoms. The largest absolute Gasteiger partial charge is 0.416 e. The van der Waals surface area contributed by atoms with Crippen molar-refractivity contribution in [1.82, 2.24) is 24.5 Å². The van der Waals surface area contributed by atoms with Gasteiger partial charge in [-0.25, -0.2) is 4.68 Å². The minimum Gasteiger partial charge on any atom is -0.348 e. The second-order valence-electron chi connectivity index (χ2n) is 7.81. The average molecular weight is 437 g/mol. The summed E-state index contributed by atoms with van der Waals surface area (Å²) in [6.07, 6.45) is -2.33. The quantitative estimate of drug-likeness (QED) is 0.737. The smallest absolute Gasteiger partial charge is 0.348 e. The highest BCUT2D eigenvalue weighted by molar-refractivity contribution is 5.95. The predicted octanol–water partition coefficient (Wildman–Crippen LogP) is 2.44. The van der Waals surface area contributed by atoms with Crippen LogP contribution in [0.5, 0.6) is 0 Å². The Balaban J connectivity index is 1.74. The molecule has 0 aliphatic carbocycles. The van der Waals surface area contributed by atoms with E-state index in [9.17, 15) is 22.8 Å². The molecule has 1 fully saturated rings. The van der Waals surface area contributed by atoms with Crippen LogP contribution >= 0.6 is 0 Å². The fraction of sp³-hybridized carbons (Fsp3) is 0.476. The van der Waals surface area contributed by atoms with Crippen molar-refractivity contribution in [2.24, 2.45) is 0 Å². The van der Waals surface area contributed by atoms with E-state index in [2.05, 4.69) is 5.10 Å². The molecule has 1 aliphatic heterocycles. The summed E-state index contributed by atoms with van der Waals surface area (Å²) in [4.78, 5) is 30.3. The van der Waals surface area contributed by atoms with Gasteiger partial charge in [0.05, 0.1) is 35.2 Å². The first kappa shape index (κ1) is 22.8. The molecule has 0 saturated carbocycles. The molecule has 2 heterocycles. The van der Waals surface area contributed by atoms with Crippen LogP contribution in [0.3, 0.4) is 0 Å². The van der Waals surface area contributed by atoms with Gasteiger partial charge in [0, 0.05) is 40.3 Å². The standard InChI is InChI=1S/C21H26F3N5O2/c1-15-18(13-25-29(15)17-7-4-6-16(12-17)21(22,23)24)20(31)28-9-5-8-27(10-11-28)14-19(30)26(2)3/h4,6-7,12-13H,5,8-11,14H2,1-3H3. The molecule has 1 aromatic heterocycles. The monoisotopic (exact) mass is 437 g/mol. The van der Waals surface area contributed by atoms with E-state index in [4.69, 9.17) is 0 Å². The van der Waals surface area contributed by atoms with Crippen LogP contribution in [0.4, 0.5) is 13.2 Å². The highest BCUT2D eigenvalue weighted by atomic mass is 19.4. The van der Waals surface area contributed by atoms with Crippen molar-refractivity contribution < 1.29 is 22.8 Å². The minimum atomic E-state index is -4.46. The van der Waals surface area contributed by atoms with E-state index in [0.29, 0.717) is 44.0 Å². The molecule has 1 aliphatic rings. The van der Waals surface area contributed by atoms with Gasteiger partial charge in [-0.15, -0.1) is 0 Å². The Labute approximate surface area is 179 Å². The maximum atomic E-state index is 13.1. The number of nitrogens with zero attached hydrogens (tertiary/aromatic N) is 5. The van der Waals surface area contributed by atoms with Gasteiger partial charge in [-0.1, -0.05) is 6.07 Å². The van der Waals surface area contributed by atoms with E-state index in [0.717, 1.165) is 18.6 Å². The van der Waals surface area contributed by atoms with Crippen molar-refractivity contribution >= 4 is 11.8 Å². The number of benzene rings is 1. The maximum absolute atomic E-state index is 13.1. The van der Waals surface area contributed by atoms with E-state index in [1.807, 2.05) is 4.90 Å². The van der Waals surface area contributed by atoms with Gasteiger partial charge >= 0.3 is 6.18 Å². The minimum absolute atomic E-state index is 0.0120. The average Bonchev–Trinajstić information content (AvgIpc) is 2.94. The van der Waals surface area contributed by atoms with Crippen molar-refractivity contribution in [1.29, 1.82) is 0 Å². The van der Waals surface area contributed by atoms with E-state index in [1.165, 1.54) is 23.0 Å². The molecule has 0 unspecified atom stereocenters. The summed E-state index contributed by atoms with van der Waals surface area (Å²) in [6.45, 7) is 4.27. The molecule has 1 saturated heterocycles. The molecular formula is C21H26F3N5O2. The van der Waals surface area contributed by atoms with Gasteiger partial charge in [0.1, 0.15) is 0 Å². The lowest BCUT2D eigenvalue weighted by atomic mass is 10.2. The fourth-order valence-corrected chi connectivity index (χ4v) is 3.53. The Kier molecular flexibility index (Phi) is 6.68. The number of rotatable bonds is 4. The zero-order valence-electron chi connectivity index (χ0n) is 17.8. The molecule has 0 radical (unpaired) electrons. The van der Waals surface area contributed by atoms with Gasteiger partial charge in [-0.2, -0.15) is 18.3 Å². The first-order chi connectivity index (χ1) is 14.6. The molecule has 1 aromatic carbocycles. The number of aromatic nitrogens is 2. The number of hydrogen-bond acceptors (Lipinski definition) is 4. The number of alkyl halides is 3. The van der Waals surface area contributed by atoms with Crippen LogP contribution in [0.2, 0.25) is 0 Å². The van der Waals surface area contributed by atoms with Gasteiger partial charge < -0.3 is 9.80 Å². The second kappa shape index (κ2) is 9.09. The van der Waals surface area contributed by atoms with Crippen molar-refractivity contribution in [3.8, 4) is 5.69 Å². The molecule has 0 atom stereocenters. The van der Waals surface area contributed by atoms with Crippen LogP contribution in [0.25, 0.3) is 5.69 Å². The number of carbonyl (C=O) groups excluding carboxylic acids is 2. The molecule has 3 rings (SSSR count). The van der Waals surface area contributed by atoms with Crippen LogP contribution in [-0.2, 0) is 11.0 Å². The first-order valence-electron chi connectivity index (χ1n) is 10.0. The maximum Gasteiger partial charge on any atom is 0.416 e. The molecule has 0 bridgehead atoms.